The Hall–Kier alpha value is -1.35. The van der Waals surface area contributed by atoms with Gasteiger partial charge in [-0.1, -0.05) is 37.3 Å². The Morgan fingerprint density at radius 3 is 2.60 bits per heavy atom. The molecular formula is C17H26N2O. The standard InChI is InChI=1S/C17H26N2O/c1-13-11-18-12-15(13)16(20)19-17(2,3)10-9-14-7-5-4-6-8-14/h4-8,13,15,18H,9-12H2,1-3H3,(H,19,20). The van der Waals surface area contributed by atoms with E-state index in [1.165, 1.54) is 5.56 Å². The summed E-state index contributed by atoms with van der Waals surface area (Å²) in [7, 11) is 0. The van der Waals surface area contributed by atoms with Gasteiger partial charge in [-0.05, 0) is 44.7 Å². The van der Waals surface area contributed by atoms with Crippen LogP contribution in [0.5, 0.6) is 0 Å². The highest BCUT2D eigenvalue weighted by molar-refractivity contribution is 5.80. The molecule has 1 aromatic carbocycles. The highest BCUT2D eigenvalue weighted by Crippen LogP contribution is 2.19. The van der Waals surface area contributed by atoms with Crippen LogP contribution in [0.3, 0.4) is 0 Å². The van der Waals surface area contributed by atoms with Crippen molar-refractivity contribution in [2.75, 3.05) is 13.1 Å². The molecule has 2 atom stereocenters. The third-order valence-corrected chi connectivity index (χ3v) is 4.20. The molecule has 2 rings (SSSR count). The molecule has 20 heavy (non-hydrogen) atoms. The van der Waals surface area contributed by atoms with Crippen molar-refractivity contribution in [1.29, 1.82) is 0 Å². The van der Waals surface area contributed by atoms with Gasteiger partial charge in [-0.3, -0.25) is 4.79 Å². The van der Waals surface area contributed by atoms with E-state index >= 15 is 0 Å². The van der Waals surface area contributed by atoms with Crippen LogP contribution in [0.1, 0.15) is 32.8 Å². The van der Waals surface area contributed by atoms with Crippen molar-refractivity contribution in [2.45, 2.75) is 39.2 Å². The molecule has 1 aliphatic heterocycles. The first-order chi connectivity index (χ1) is 9.48. The van der Waals surface area contributed by atoms with E-state index in [9.17, 15) is 4.79 Å². The van der Waals surface area contributed by atoms with Crippen LogP contribution in [0.25, 0.3) is 0 Å². The maximum Gasteiger partial charge on any atom is 0.225 e. The second-order valence-corrected chi connectivity index (χ2v) is 6.60. The number of hydrogen-bond acceptors (Lipinski definition) is 2. The maximum absolute atomic E-state index is 12.3. The Labute approximate surface area is 122 Å². The molecule has 3 nitrogen and oxygen atoms in total. The zero-order chi connectivity index (χ0) is 14.6. The normalized spacial score (nSPS) is 22.8. The van der Waals surface area contributed by atoms with Crippen LogP contribution in [0.2, 0.25) is 0 Å². The highest BCUT2D eigenvalue weighted by Gasteiger charge is 2.32. The molecule has 0 aromatic heterocycles. The van der Waals surface area contributed by atoms with Gasteiger partial charge in [-0.2, -0.15) is 0 Å². The van der Waals surface area contributed by atoms with Gasteiger partial charge < -0.3 is 10.6 Å². The Balaban J connectivity index is 1.85. The van der Waals surface area contributed by atoms with Gasteiger partial charge in [0.15, 0.2) is 0 Å². The zero-order valence-electron chi connectivity index (χ0n) is 12.8. The topological polar surface area (TPSA) is 41.1 Å². The van der Waals surface area contributed by atoms with E-state index in [4.69, 9.17) is 0 Å². The van der Waals surface area contributed by atoms with Crippen molar-refractivity contribution in [3.63, 3.8) is 0 Å². The number of benzene rings is 1. The second kappa shape index (κ2) is 6.40. The fraction of sp³-hybridized carbons (Fsp3) is 0.588. The minimum Gasteiger partial charge on any atom is -0.351 e. The predicted molar refractivity (Wildman–Crippen MR) is 82.5 cm³/mol. The van der Waals surface area contributed by atoms with Gasteiger partial charge in [0, 0.05) is 12.1 Å². The van der Waals surface area contributed by atoms with Crippen molar-refractivity contribution >= 4 is 5.91 Å². The van der Waals surface area contributed by atoms with Crippen LogP contribution in [0, 0.1) is 11.8 Å². The molecule has 2 N–H and O–H groups in total. The molecule has 3 heteroatoms. The van der Waals surface area contributed by atoms with Gasteiger partial charge in [0.1, 0.15) is 0 Å². The molecule has 0 radical (unpaired) electrons. The molecule has 1 aliphatic rings. The van der Waals surface area contributed by atoms with Crippen molar-refractivity contribution in [3.05, 3.63) is 35.9 Å². The van der Waals surface area contributed by atoms with Gasteiger partial charge in [-0.15, -0.1) is 0 Å². The highest BCUT2D eigenvalue weighted by atomic mass is 16.2. The van der Waals surface area contributed by atoms with E-state index in [-0.39, 0.29) is 17.4 Å². The predicted octanol–water partition coefficient (Wildman–Crippen LogP) is 2.37. The summed E-state index contributed by atoms with van der Waals surface area (Å²) in [6.45, 7) is 8.12. The van der Waals surface area contributed by atoms with Crippen molar-refractivity contribution in [3.8, 4) is 0 Å². The molecule has 0 saturated carbocycles. The molecule has 1 aromatic rings. The van der Waals surface area contributed by atoms with Crippen LogP contribution >= 0.6 is 0 Å². The lowest BCUT2D eigenvalue weighted by Crippen LogP contribution is -2.47. The minimum atomic E-state index is -0.158. The molecule has 2 unspecified atom stereocenters. The number of amides is 1. The molecule has 0 bridgehead atoms. The third-order valence-electron chi connectivity index (χ3n) is 4.20. The summed E-state index contributed by atoms with van der Waals surface area (Å²) in [4.78, 5) is 12.3. The summed E-state index contributed by atoms with van der Waals surface area (Å²) < 4.78 is 0. The molecule has 1 saturated heterocycles. The maximum atomic E-state index is 12.3. The van der Waals surface area contributed by atoms with Crippen LogP contribution < -0.4 is 10.6 Å². The van der Waals surface area contributed by atoms with Gasteiger partial charge in [0.25, 0.3) is 0 Å². The largest absolute Gasteiger partial charge is 0.351 e. The van der Waals surface area contributed by atoms with Crippen LogP contribution in [0.4, 0.5) is 0 Å². The van der Waals surface area contributed by atoms with Crippen LogP contribution in [-0.4, -0.2) is 24.5 Å². The van der Waals surface area contributed by atoms with Crippen molar-refractivity contribution < 1.29 is 4.79 Å². The van der Waals surface area contributed by atoms with E-state index < -0.39 is 0 Å². The molecule has 1 amide bonds. The Morgan fingerprint density at radius 1 is 1.30 bits per heavy atom. The monoisotopic (exact) mass is 274 g/mol. The van der Waals surface area contributed by atoms with Crippen LogP contribution in [-0.2, 0) is 11.2 Å². The summed E-state index contributed by atoms with van der Waals surface area (Å²) in [6, 6.07) is 10.4. The Morgan fingerprint density at radius 2 is 2.00 bits per heavy atom. The average molecular weight is 274 g/mol. The minimum absolute atomic E-state index is 0.117. The SMILES string of the molecule is CC1CNCC1C(=O)NC(C)(C)CCc1ccccc1. The average Bonchev–Trinajstić information content (AvgIpc) is 2.84. The summed E-state index contributed by atoms with van der Waals surface area (Å²) in [5, 5.41) is 6.51. The molecule has 1 heterocycles. The molecule has 1 fully saturated rings. The number of carbonyl (C=O) groups is 1. The molecule has 110 valence electrons. The summed E-state index contributed by atoms with van der Waals surface area (Å²) in [5.41, 5.74) is 1.17. The van der Waals surface area contributed by atoms with E-state index in [1.54, 1.807) is 0 Å². The second-order valence-electron chi connectivity index (χ2n) is 6.60. The lowest BCUT2D eigenvalue weighted by atomic mass is 9.92. The number of carbonyl (C=O) groups excluding carboxylic acids is 1. The number of aryl methyl sites for hydroxylation is 1. The van der Waals surface area contributed by atoms with E-state index in [0.717, 1.165) is 25.9 Å². The van der Waals surface area contributed by atoms with E-state index in [2.05, 4.69) is 55.7 Å². The van der Waals surface area contributed by atoms with Gasteiger partial charge in [0.2, 0.25) is 5.91 Å². The summed E-state index contributed by atoms with van der Waals surface area (Å²) >= 11 is 0. The number of hydrogen-bond donors (Lipinski definition) is 2. The summed E-state index contributed by atoms with van der Waals surface area (Å²) in [5.74, 6) is 0.742. The van der Waals surface area contributed by atoms with Crippen molar-refractivity contribution in [1.82, 2.24) is 10.6 Å². The quantitative estimate of drug-likeness (QED) is 0.865. The first-order valence-electron chi connectivity index (χ1n) is 7.54. The molecule has 0 aliphatic carbocycles. The van der Waals surface area contributed by atoms with E-state index in [0.29, 0.717) is 5.92 Å². The number of nitrogens with one attached hydrogen (secondary N) is 2. The summed E-state index contributed by atoms with van der Waals surface area (Å²) in [6.07, 6.45) is 1.95. The Bertz CT molecular complexity index is 442. The Kier molecular flexibility index (Phi) is 4.81. The zero-order valence-corrected chi connectivity index (χ0v) is 12.8. The smallest absolute Gasteiger partial charge is 0.225 e. The molecular weight excluding hydrogens is 248 g/mol. The fourth-order valence-electron chi connectivity index (χ4n) is 2.75. The van der Waals surface area contributed by atoms with Crippen LogP contribution in [0.15, 0.2) is 30.3 Å². The van der Waals surface area contributed by atoms with Crippen molar-refractivity contribution in [2.24, 2.45) is 11.8 Å². The first kappa shape index (κ1) is 15.0. The fourth-order valence-corrected chi connectivity index (χ4v) is 2.75. The number of rotatable bonds is 5. The lowest BCUT2D eigenvalue weighted by molar-refractivity contribution is -0.127. The third kappa shape index (κ3) is 4.07. The van der Waals surface area contributed by atoms with Gasteiger partial charge in [-0.25, -0.2) is 0 Å². The lowest BCUT2D eigenvalue weighted by Gasteiger charge is -2.28. The van der Waals surface area contributed by atoms with E-state index in [1.807, 2.05) is 6.07 Å². The first-order valence-corrected chi connectivity index (χ1v) is 7.54. The van der Waals surface area contributed by atoms with Gasteiger partial charge >= 0.3 is 0 Å². The van der Waals surface area contributed by atoms with Gasteiger partial charge in [0.05, 0.1) is 5.92 Å². The molecule has 0 spiro atoms.